The van der Waals surface area contributed by atoms with Crippen LogP contribution in [0.2, 0.25) is 5.02 Å². The van der Waals surface area contributed by atoms with Gasteiger partial charge < -0.3 is 4.74 Å². The molecule has 1 nitrogen and oxygen atoms in total. The van der Waals surface area contributed by atoms with Crippen molar-refractivity contribution in [2.24, 2.45) is 0 Å². The number of rotatable bonds is 1. The molecule has 11 aromatic carbocycles. The second-order valence-electron chi connectivity index (χ2n) is 17.2. The molecule has 11 rings (SSSR count). The maximum atomic E-state index is 12.2. The van der Waals surface area contributed by atoms with Crippen molar-refractivity contribution >= 4 is 27.5 Å². The Balaban J connectivity index is -0.0000000524. The third kappa shape index (κ3) is 156. The first-order valence-corrected chi connectivity index (χ1v) is 47.1. The lowest BCUT2D eigenvalue weighted by molar-refractivity contribution is -0.137. The lowest BCUT2D eigenvalue weighted by atomic mass is 10.2. The Morgan fingerprint density at radius 2 is 0.413 bits per heavy atom. The standard InChI is InChI=1S/C8H10.C7H5F3.C7H7F.C7H8O.C7H8.C6H5Br.C6H5Cl.3C6H4F2.C6H5F.20C2H6/c1-7-3-5-8(2)6-4-7;8-7(9,10)6-4-2-1-3-5-6;1-6-3-2-4-7(8)5-6;1-8-7-5-3-2-4-6-7;1-7-5-3-2-4-6-7;2*7-6-4-2-1-3-5-6;7-5-1-2-6(8)4-3-5;7-5-2-1-3-6(8)4-5;7-5-3-1-2-4-6(5)8;7-6-4-2-1-3-5-6;20*1-2/h3-6H,1-2H3;1-5H;2-5H,1H3;2-6H,1H3;2-6H,1H3;2*1-5H;3*1-4H;1-5H;20*1-2H3. The minimum Gasteiger partial charge on any atom is -0.497 e. The van der Waals surface area contributed by atoms with Crippen molar-refractivity contribution < 1.29 is 53.0 Å². The molecule has 730 valence electrons. The van der Waals surface area contributed by atoms with Crippen LogP contribution in [0.1, 0.15) is 305 Å². The normalized spacial score (nSPS) is 7.29. The maximum Gasteiger partial charge on any atom is 0.416 e. The minimum absolute atomic E-state index is 0.162. The molecule has 0 heterocycles. The van der Waals surface area contributed by atoms with Crippen LogP contribution in [0, 0.1) is 74.2 Å². The average molecular weight is 1870 g/mol. The number of methoxy groups -OCH3 is 1. The van der Waals surface area contributed by atoms with Gasteiger partial charge in [0, 0.05) is 15.6 Å². The largest absolute Gasteiger partial charge is 0.497 e. The highest BCUT2D eigenvalue weighted by Gasteiger charge is 2.29. The summed E-state index contributed by atoms with van der Waals surface area (Å²) in [5, 5.41) is 0.794. The van der Waals surface area contributed by atoms with Crippen molar-refractivity contribution in [2.75, 3.05) is 7.11 Å². The smallest absolute Gasteiger partial charge is 0.416 e. The molecular weight excluding hydrogens is 1690 g/mol. The Labute approximate surface area is 786 Å². The molecule has 0 radical (unpaired) electrons. The van der Waals surface area contributed by atoms with E-state index in [1.54, 1.807) is 37.4 Å². The summed E-state index contributed by atoms with van der Waals surface area (Å²) in [6, 6.07) is 82.6. The van der Waals surface area contributed by atoms with E-state index in [9.17, 15) is 48.3 Å². The highest BCUT2D eigenvalue weighted by Crippen LogP contribution is 2.28. The summed E-state index contributed by atoms with van der Waals surface area (Å²) in [5.41, 5.74) is 4.34. The number of hydrogen-bond acceptors (Lipinski definition) is 1. The third-order valence-electron chi connectivity index (χ3n) is 9.83. The molecule has 0 atom stereocenters. The number of aryl methyl sites for hydroxylation is 4. The molecule has 11 aromatic rings. The zero-order chi connectivity index (χ0) is 104. The number of hydrogen-bond donors (Lipinski definition) is 0. The Morgan fingerprint density at radius 1 is 0.214 bits per heavy atom. The van der Waals surface area contributed by atoms with Crippen molar-refractivity contribution in [3.8, 4) is 5.75 Å². The van der Waals surface area contributed by atoms with Gasteiger partial charge in [-0.15, -0.1) is 0 Å². The quantitative estimate of drug-likeness (QED) is 0.149. The molecule has 0 N–H and O–H groups in total. The number of benzene rings is 11. The fourth-order valence-electron chi connectivity index (χ4n) is 5.53. The molecule has 0 aliphatic carbocycles. The van der Waals surface area contributed by atoms with Crippen LogP contribution in [0.3, 0.4) is 0 Å². The first kappa shape index (κ1) is 168. The van der Waals surface area contributed by atoms with Gasteiger partial charge in [0.2, 0.25) is 0 Å². The summed E-state index contributed by atoms with van der Waals surface area (Å²) in [5.74, 6) is -2.92. The highest BCUT2D eigenvalue weighted by atomic mass is 79.9. The van der Waals surface area contributed by atoms with Crippen molar-refractivity contribution in [3.05, 3.63) is 387 Å². The van der Waals surface area contributed by atoms with E-state index >= 15 is 0 Å². The van der Waals surface area contributed by atoms with E-state index in [2.05, 4.69) is 73.1 Å². The van der Waals surface area contributed by atoms with Crippen molar-refractivity contribution in [1.82, 2.24) is 0 Å². The lowest BCUT2D eigenvalue weighted by Gasteiger charge is -2.03. The fraction of sp³-hybridized carbons (Fsp3) is 0.411. The van der Waals surface area contributed by atoms with Crippen molar-refractivity contribution in [3.63, 3.8) is 0 Å². The van der Waals surface area contributed by atoms with Gasteiger partial charge >= 0.3 is 6.18 Å². The number of alkyl halides is 3. The topological polar surface area (TPSA) is 9.23 Å². The molecule has 0 aromatic heterocycles. The molecule has 14 heteroatoms. The van der Waals surface area contributed by atoms with Gasteiger partial charge in [-0.25, -0.2) is 35.1 Å². The molecular formula is C112H185BrClF11O. The summed E-state index contributed by atoms with van der Waals surface area (Å²) in [6.45, 7) is 88.1. The third-order valence-corrected chi connectivity index (χ3v) is 10.6. The Bertz CT molecular complexity index is 3020. The highest BCUT2D eigenvalue weighted by molar-refractivity contribution is 9.10. The van der Waals surface area contributed by atoms with Crippen LogP contribution in [0.15, 0.2) is 308 Å². The Hall–Kier alpha value is -8.78. The van der Waals surface area contributed by atoms with Crippen LogP contribution in [0.4, 0.5) is 48.3 Å². The predicted molar refractivity (Wildman–Crippen MR) is 561 cm³/mol. The number of halogens is 13. The Kier molecular flexibility index (Phi) is 222. The summed E-state index contributed by atoms with van der Waals surface area (Å²) in [7, 11) is 1.66. The van der Waals surface area contributed by atoms with Crippen molar-refractivity contribution in [2.45, 2.75) is 311 Å². The van der Waals surface area contributed by atoms with Crippen LogP contribution in [-0.4, -0.2) is 7.11 Å². The molecule has 0 aliphatic rings. The second-order valence-corrected chi connectivity index (χ2v) is 18.5. The molecule has 0 amide bonds. The van der Waals surface area contributed by atoms with E-state index in [1.165, 1.54) is 83.4 Å². The van der Waals surface area contributed by atoms with E-state index in [4.69, 9.17) is 16.3 Å². The van der Waals surface area contributed by atoms with Crippen LogP contribution in [0.5, 0.6) is 5.75 Å². The van der Waals surface area contributed by atoms with E-state index in [0.29, 0.717) is 0 Å². The van der Waals surface area contributed by atoms with E-state index in [-0.39, 0.29) is 11.6 Å². The minimum atomic E-state index is -4.21. The Morgan fingerprint density at radius 3 is 0.563 bits per heavy atom. The molecule has 0 saturated carbocycles. The van der Waals surface area contributed by atoms with Crippen LogP contribution in [0.25, 0.3) is 0 Å². The second kappa shape index (κ2) is 167. The molecule has 0 saturated heterocycles. The van der Waals surface area contributed by atoms with Crippen molar-refractivity contribution in [1.29, 1.82) is 0 Å². The first-order chi connectivity index (χ1) is 61.1. The van der Waals surface area contributed by atoms with Gasteiger partial charge in [0.1, 0.15) is 40.7 Å². The maximum absolute atomic E-state index is 12.2. The lowest BCUT2D eigenvalue weighted by Crippen LogP contribution is -2.03. The van der Waals surface area contributed by atoms with Crippen LogP contribution in [-0.2, 0) is 6.18 Å². The van der Waals surface area contributed by atoms with Gasteiger partial charge in [0.05, 0.1) is 12.7 Å². The monoisotopic (exact) mass is 1870 g/mol. The van der Waals surface area contributed by atoms with Gasteiger partial charge in [-0.2, -0.15) is 13.2 Å². The van der Waals surface area contributed by atoms with E-state index in [0.717, 1.165) is 75.4 Å². The molecule has 126 heavy (non-hydrogen) atoms. The van der Waals surface area contributed by atoms with Gasteiger partial charge in [-0.1, -0.05) is 509 Å². The van der Waals surface area contributed by atoms with Gasteiger partial charge in [0.25, 0.3) is 0 Å². The number of ether oxygens (including phenoxy) is 1. The SMILES string of the molecule is Brc1ccccc1.CC.CC.CC.CC.CC.CC.CC.CC.CC.CC.CC.CC.CC.CC.CC.CC.CC.CC.CC.CC.COc1ccccc1.Cc1ccc(C)cc1.Cc1cccc(F)c1.Cc1ccccc1.Clc1ccccc1.FC(F)(F)c1ccccc1.Fc1ccc(F)cc1.Fc1cccc(F)c1.Fc1ccccc1.Fc1ccccc1F. The fourth-order valence-corrected chi connectivity index (χ4v) is 5.98. The molecule has 0 spiro atoms. The number of para-hydroxylation sites is 1. The summed E-state index contributed by atoms with van der Waals surface area (Å²) in [6.07, 6.45) is -4.21. The summed E-state index contributed by atoms with van der Waals surface area (Å²) >= 11 is 8.85. The van der Waals surface area contributed by atoms with E-state index in [1.807, 2.05) is 399 Å². The van der Waals surface area contributed by atoms with Crippen LogP contribution < -0.4 is 4.74 Å². The molecule has 0 fully saturated rings. The van der Waals surface area contributed by atoms with Gasteiger partial charge in [-0.3, -0.25) is 0 Å². The van der Waals surface area contributed by atoms with Gasteiger partial charge in [0.15, 0.2) is 11.6 Å². The summed E-state index contributed by atoms with van der Waals surface area (Å²) < 4.78 is 137. The summed E-state index contributed by atoms with van der Waals surface area (Å²) in [4.78, 5) is 0. The predicted octanol–water partition coefficient (Wildman–Crippen LogP) is 43.9. The average Bonchev–Trinajstić information content (AvgIpc) is 0.879. The van der Waals surface area contributed by atoms with E-state index < -0.39 is 46.6 Å². The zero-order valence-corrected chi connectivity index (χ0v) is 90.0. The van der Waals surface area contributed by atoms with Crippen LogP contribution >= 0.6 is 27.5 Å². The zero-order valence-electron chi connectivity index (χ0n) is 87.7. The van der Waals surface area contributed by atoms with Gasteiger partial charge in [-0.05, 0) is 142 Å². The first-order valence-electron chi connectivity index (χ1n) is 45.9. The molecule has 0 aliphatic heterocycles. The molecule has 0 bridgehead atoms. The molecule has 0 unspecified atom stereocenters.